The van der Waals surface area contributed by atoms with E-state index in [0.29, 0.717) is 0 Å². The molecule has 0 bridgehead atoms. The number of benzene rings is 1. The van der Waals surface area contributed by atoms with Gasteiger partial charge in [0.1, 0.15) is 11.5 Å². The monoisotopic (exact) mass is 354 g/mol. The van der Waals surface area contributed by atoms with Gasteiger partial charge in [-0.2, -0.15) is 10.2 Å². The summed E-state index contributed by atoms with van der Waals surface area (Å²) < 4.78 is 15.2. The van der Waals surface area contributed by atoms with Gasteiger partial charge in [-0.05, 0) is 65.0 Å². The van der Waals surface area contributed by atoms with E-state index < -0.39 is 5.66 Å². The van der Waals surface area contributed by atoms with Crippen molar-refractivity contribution in [2.24, 2.45) is 0 Å². The molecule has 0 radical (unpaired) electrons. The third-order valence-electron chi connectivity index (χ3n) is 4.76. The predicted molar refractivity (Wildman–Crippen MR) is 101 cm³/mol. The van der Waals surface area contributed by atoms with E-state index in [1.165, 1.54) is 0 Å². The topological polar surface area (TPSA) is 54.1 Å². The van der Waals surface area contributed by atoms with Crippen molar-refractivity contribution in [3.63, 3.8) is 0 Å². The molecule has 0 amide bonds. The first kappa shape index (κ1) is 18.0. The molecule has 138 valence electrons. The van der Waals surface area contributed by atoms with Gasteiger partial charge in [0, 0.05) is 17.0 Å². The van der Waals surface area contributed by atoms with Crippen LogP contribution in [0, 0.1) is 27.7 Å². The number of hydrogen-bond donors (Lipinski definition) is 0. The molecule has 0 N–H and O–H groups in total. The molecule has 0 fully saturated rings. The Morgan fingerprint density at radius 2 is 1.35 bits per heavy atom. The molecule has 6 nitrogen and oxygen atoms in total. The molecule has 0 atom stereocenters. The van der Waals surface area contributed by atoms with Gasteiger partial charge in [-0.15, -0.1) is 0 Å². The molecule has 0 saturated heterocycles. The lowest BCUT2D eigenvalue weighted by atomic mass is 9.99. The lowest BCUT2D eigenvalue weighted by Gasteiger charge is -2.34. The molecule has 0 aliphatic carbocycles. The standard InChI is InChI=1S/C20H26N4O2/c1-13-10-15(3)23(21-13)20(5,24-16(4)11-14(2)22-24)18-12-17(25-6)8-9-19(18)26-7/h8-12H,1-7H3. The minimum absolute atomic E-state index is 0.712. The number of rotatable bonds is 5. The first-order valence-electron chi connectivity index (χ1n) is 8.61. The molecule has 2 heterocycles. The predicted octanol–water partition coefficient (Wildman–Crippen LogP) is 3.60. The van der Waals surface area contributed by atoms with Crippen molar-refractivity contribution in [3.8, 4) is 11.5 Å². The summed E-state index contributed by atoms with van der Waals surface area (Å²) in [5.74, 6) is 1.52. The maximum absolute atomic E-state index is 5.69. The summed E-state index contributed by atoms with van der Waals surface area (Å²) >= 11 is 0. The summed E-state index contributed by atoms with van der Waals surface area (Å²) in [6.07, 6.45) is 0. The van der Waals surface area contributed by atoms with Crippen molar-refractivity contribution < 1.29 is 9.47 Å². The van der Waals surface area contributed by atoms with Crippen LogP contribution < -0.4 is 9.47 Å². The third kappa shape index (κ3) is 2.75. The molecular weight excluding hydrogens is 328 g/mol. The highest BCUT2D eigenvalue weighted by Gasteiger charge is 2.38. The largest absolute Gasteiger partial charge is 0.497 e. The van der Waals surface area contributed by atoms with E-state index in [0.717, 1.165) is 39.8 Å². The van der Waals surface area contributed by atoms with Crippen molar-refractivity contribution in [2.75, 3.05) is 14.2 Å². The number of aryl methyl sites for hydroxylation is 4. The quantitative estimate of drug-likeness (QED) is 0.702. The van der Waals surface area contributed by atoms with Crippen LogP contribution in [0.4, 0.5) is 0 Å². The number of methoxy groups -OCH3 is 2. The van der Waals surface area contributed by atoms with Crippen LogP contribution in [0.2, 0.25) is 0 Å². The molecule has 3 aromatic rings. The molecule has 2 aromatic heterocycles. The Bertz CT molecular complexity index is 893. The van der Waals surface area contributed by atoms with Crippen molar-refractivity contribution >= 4 is 0 Å². The Balaban J connectivity index is 2.39. The average Bonchev–Trinajstić information content (AvgIpc) is 3.14. The first-order valence-corrected chi connectivity index (χ1v) is 8.61. The molecule has 0 aliphatic heterocycles. The van der Waals surface area contributed by atoms with Crippen molar-refractivity contribution in [2.45, 2.75) is 40.3 Å². The summed E-state index contributed by atoms with van der Waals surface area (Å²) in [6, 6.07) is 9.94. The van der Waals surface area contributed by atoms with Gasteiger partial charge in [-0.3, -0.25) is 0 Å². The molecule has 0 saturated carbocycles. The maximum Gasteiger partial charge on any atom is 0.180 e. The van der Waals surface area contributed by atoms with Gasteiger partial charge in [0.15, 0.2) is 5.66 Å². The van der Waals surface area contributed by atoms with Gasteiger partial charge in [0.05, 0.1) is 25.6 Å². The van der Waals surface area contributed by atoms with Crippen LogP contribution in [0.3, 0.4) is 0 Å². The first-order chi connectivity index (χ1) is 12.3. The minimum Gasteiger partial charge on any atom is -0.497 e. The second-order valence-electron chi connectivity index (χ2n) is 6.76. The third-order valence-corrected chi connectivity index (χ3v) is 4.76. The van der Waals surface area contributed by atoms with E-state index in [-0.39, 0.29) is 0 Å². The van der Waals surface area contributed by atoms with E-state index in [9.17, 15) is 0 Å². The zero-order chi connectivity index (χ0) is 19.1. The Morgan fingerprint density at radius 3 is 1.73 bits per heavy atom. The van der Waals surface area contributed by atoms with Crippen LogP contribution in [0.15, 0.2) is 30.3 Å². The molecular formula is C20H26N4O2. The van der Waals surface area contributed by atoms with Gasteiger partial charge < -0.3 is 9.47 Å². The van der Waals surface area contributed by atoms with Crippen LogP contribution in [0.1, 0.15) is 35.3 Å². The van der Waals surface area contributed by atoms with E-state index in [2.05, 4.69) is 32.9 Å². The second kappa shape index (κ2) is 6.52. The molecule has 1 aromatic carbocycles. The Labute approximate surface area is 154 Å². The van der Waals surface area contributed by atoms with E-state index in [4.69, 9.17) is 19.7 Å². The summed E-state index contributed by atoms with van der Waals surface area (Å²) in [4.78, 5) is 0. The summed E-state index contributed by atoms with van der Waals surface area (Å²) in [7, 11) is 3.34. The summed E-state index contributed by atoms with van der Waals surface area (Å²) in [5, 5.41) is 9.55. The van der Waals surface area contributed by atoms with Crippen molar-refractivity contribution in [3.05, 3.63) is 58.7 Å². The van der Waals surface area contributed by atoms with Gasteiger partial charge in [0.25, 0.3) is 0 Å². The fraction of sp³-hybridized carbons (Fsp3) is 0.400. The fourth-order valence-corrected chi connectivity index (χ4v) is 3.64. The van der Waals surface area contributed by atoms with Crippen LogP contribution >= 0.6 is 0 Å². The van der Waals surface area contributed by atoms with Gasteiger partial charge >= 0.3 is 0 Å². The van der Waals surface area contributed by atoms with Crippen molar-refractivity contribution in [1.82, 2.24) is 19.6 Å². The van der Waals surface area contributed by atoms with E-state index in [1.54, 1.807) is 14.2 Å². The Morgan fingerprint density at radius 1 is 0.808 bits per heavy atom. The fourth-order valence-electron chi connectivity index (χ4n) is 3.64. The lowest BCUT2D eigenvalue weighted by Crippen LogP contribution is -2.42. The Kier molecular flexibility index (Phi) is 4.52. The molecule has 26 heavy (non-hydrogen) atoms. The molecule has 6 heteroatoms. The lowest BCUT2D eigenvalue weighted by molar-refractivity contribution is 0.243. The molecule has 0 spiro atoms. The normalized spacial score (nSPS) is 11.7. The number of hydrogen-bond acceptors (Lipinski definition) is 4. The smallest absolute Gasteiger partial charge is 0.180 e. The van der Waals surface area contributed by atoms with Crippen LogP contribution in [0.25, 0.3) is 0 Å². The Hall–Kier alpha value is -2.76. The number of nitrogens with zero attached hydrogens (tertiary/aromatic N) is 4. The summed E-state index contributed by atoms with van der Waals surface area (Å²) in [6.45, 7) is 10.2. The van der Waals surface area contributed by atoms with Gasteiger partial charge in [0.2, 0.25) is 0 Å². The molecule has 3 rings (SSSR count). The van der Waals surface area contributed by atoms with Crippen LogP contribution in [-0.4, -0.2) is 33.8 Å². The average molecular weight is 354 g/mol. The van der Waals surface area contributed by atoms with Crippen LogP contribution in [0.5, 0.6) is 11.5 Å². The SMILES string of the molecule is COc1ccc(OC)c(C(C)(n2nc(C)cc2C)n2nc(C)cc2C)c1. The highest BCUT2D eigenvalue weighted by Crippen LogP contribution is 2.38. The minimum atomic E-state index is -0.712. The second-order valence-corrected chi connectivity index (χ2v) is 6.76. The zero-order valence-corrected chi connectivity index (χ0v) is 16.5. The van der Waals surface area contributed by atoms with E-state index >= 15 is 0 Å². The van der Waals surface area contributed by atoms with Crippen molar-refractivity contribution in [1.29, 1.82) is 0 Å². The molecule has 0 unspecified atom stereocenters. The molecule has 0 aliphatic rings. The van der Waals surface area contributed by atoms with Gasteiger partial charge in [-0.25, -0.2) is 9.36 Å². The van der Waals surface area contributed by atoms with Gasteiger partial charge in [-0.1, -0.05) is 0 Å². The van der Waals surface area contributed by atoms with Crippen LogP contribution in [-0.2, 0) is 5.66 Å². The number of ether oxygens (including phenoxy) is 2. The zero-order valence-electron chi connectivity index (χ0n) is 16.5. The maximum atomic E-state index is 5.69. The number of aromatic nitrogens is 4. The van der Waals surface area contributed by atoms with E-state index in [1.807, 2.05) is 41.4 Å². The highest BCUT2D eigenvalue weighted by atomic mass is 16.5. The highest BCUT2D eigenvalue weighted by molar-refractivity contribution is 5.45. The summed E-state index contributed by atoms with van der Waals surface area (Å²) in [5.41, 5.74) is 4.21.